The summed E-state index contributed by atoms with van der Waals surface area (Å²) in [5, 5.41) is 14.6. The average Bonchev–Trinajstić information content (AvgIpc) is 2.45. The predicted molar refractivity (Wildman–Crippen MR) is 77.3 cm³/mol. The smallest absolute Gasteiger partial charge is 0.244 e. The van der Waals surface area contributed by atoms with E-state index in [1.807, 2.05) is 24.3 Å². The lowest BCUT2D eigenvalue weighted by atomic mass is 10.2. The van der Waals surface area contributed by atoms with Crippen molar-refractivity contribution >= 4 is 23.4 Å². The molecule has 0 atom stereocenters. The standard InChI is InChI=1S/C13H14ClN5/c1-2-7-15-13-18-12(9-17-19-13)16-8-10-3-5-11(14)6-4-10/h2-6,9H,1,7-8H2,(H2,15,16,18,19). The van der Waals surface area contributed by atoms with Crippen LogP contribution in [-0.2, 0) is 6.54 Å². The van der Waals surface area contributed by atoms with Crippen LogP contribution in [0.1, 0.15) is 5.56 Å². The average molecular weight is 276 g/mol. The van der Waals surface area contributed by atoms with Crippen molar-refractivity contribution in [3.63, 3.8) is 0 Å². The molecule has 2 aromatic rings. The van der Waals surface area contributed by atoms with E-state index in [9.17, 15) is 0 Å². The molecule has 0 spiro atoms. The van der Waals surface area contributed by atoms with E-state index in [4.69, 9.17) is 11.6 Å². The second-order valence-corrected chi connectivity index (χ2v) is 4.25. The number of nitrogens with one attached hydrogen (secondary N) is 2. The number of rotatable bonds is 6. The molecule has 19 heavy (non-hydrogen) atoms. The SMILES string of the molecule is C=CCNc1nncc(NCc2ccc(Cl)cc2)n1. The van der Waals surface area contributed by atoms with Gasteiger partial charge in [-0.05, 0) is 17.7 Å². The quantitative estimate of drug-likeness (QED) is 0.794. The number of nitrogens with zero attached hydrogens (tertiary/aromatic N) is 3. The normalized spacial score (nSPS) is 9.95. The van der Waals surface area contributed by atoms with E-state index in [-0.39, 0.29) is 0 Å². The molecule has 0 aliphatic rings. The molecule has 1 aromatic carbocycles. The van der Waals surface area contributed by atoms with Crippen molar-refractivity contribution in [1.29, 1.82) is 0 Å². The maximum atomic E-state index is 5.83. The first-order valence-corrected chi connectivity index (χ1v) is 6.18. The molecule has 0 amide bonds. The number of halogens is 1. The molecule has 0 unspecified atom stereocenters. The second-order valence-electron chi connectivity index (χ2n) is 3.81. The van der Waals surface area contributed by atoms with Crippen molar-refractivity contribution in [2.45, 2.75) is 6.54 Å². The fourth-order valence-electron chi connectivity index (χ4n) is 1.42. The Morgan fingerprint density at radius 3 is 2.74 bits per heavy atom. The molecule has 0 saturated heterocycles. The highest BCUT2D eigenvalue weighted by Crippen LogP contribution is 2.11. The molecule has 5 nitrogen and oxygen atoms in total. The monoisotopic (exact) mass is 275 g/mol. The van der Waals surface area contributed by atoms with Crippen molar-refractivity contribution in [2.24, 2.45) is 0 Å². The second kappa shape index (κ2) is 6.70. The third-order valence-electron chi connectivity index (χ3n) is 2.35. The number of benzene rings is 1. The van der Waals surface area contributed by atoms with Crippen LogP contribution in [0.15, 0.2) is 43.1 Å². The summed E-state index contributed by atoms with van der Waals surface area (Å²) in [5.74, 6) is 1.14. The minimum absolute atomic E-state index is 0.473. The highest BCUT2D eigenvalue weighted by molar-refractivity contribution is 6.30. The number of hydrogen-bond acceptors (Lipinski definition) is 5. The fourth-order valence-corrected chi connectivity index (χ4v) is 1.55. The summed E-state index contributed by atoms with van der Waals surface area (Å²) in [6.07, 6.45) is 3.31. The highest BCUT2D eigenvalue weighted by atomic mass is 35.5. The maximum Gasteiger partial charge on any atom is 0.244 e. The summed E-state index contributed by atoms with van der Waals surface area (Å²) in [5.41, 5.74) is 1.11. The molecule has 6 heteroatoms. The first-order valence-electron chi connectivity index (χ1n) is 5.81. The van der Waals surface area contributed by atoms with E-state index in [1.54, 1.807) is 12.3 Å². The lowest BCUT2D eigenvalue weighted by Gasteiger charge is -2.06. The van der Waals surface area contributed by atoms with Crippen molar-refractivity contribution in [3.05, 3.63) is 53.7 Å². The first kappa shape index (κ1) is 13.3. The van der Waals surface area contributed by atoms with E-state index in [0.29, 0.717) is 24.9 Å². The molecule has 0 fully saturated rings. The van der Waals surface area contributed by atoms with Crippen molar-refractivity contribution in [1.82, 2.24) is 15.2 Å². The molecule has 1 aromatic heterocycles. The van der Waals surface area contributed by atoms with Crippen LogP contribution in [0.5, 0.6) is 0 Å². The van der Waals surface area contributed by atoms with Crippen LogP contribution in [-0.4, -0.2) is 21.7 Å². The molecule has 2 N–H and O–H groups in total. The van der Waals surface area contributed by atoms with Crippen LogP contribution < -0.4 is 10.6 Å². The van der Waals surface area contributed by atoms with Gasteiger partial charge in [-0.1, -0.05) is 29.8 Å². The van der Waals surface area contributed by atoms with Crippen LogP contribution in [0, 0.1) is 0 Å². The Labute approximate surface area is 116 Å². The Kier molecular flexibility index (Phi) is 4.69. The lowest BCUT2D eigenvalue weighted by molar-refractivity contribution is 0.953. The third kappa shape index (κ3) is 4.22. The van der Waals surface area contributed by atoms with Gasteiger partial charge in [-0.3, -0.25) is 0 Å². The zero-order valence-electron chi connectivity index (χ0n) is 10.3. The van der Waals surface area contributed by atoms with Gasteiger partial charge in [-0.25, -0.2) is 0 Å². The molecule has 1 heterocycles. The van der Waals surface area contributed by atoms with Gasteiger partial charge in [0.1, 0.15) is 0 Å². The van der Waals surface area contributed by atoms with Crippen LogP contribution >= 0.6 is 11.6 Å². The van der Waals surface area contributed by atoms with Gasteiger partial charge in [0.2, 0.25) is 5.95 Å². The molecular weight excluding hydrogens is 262 g/mol. The molecule has 0 aliphatic carbocycles. The van der Waals surface area contributed by atoms with Gasteiger partial charge >= 0.3 is 0 Å². The van der Waals surface area contributed by atoms with Gasteiger partial charge in [0.05, 0.1) is 6.20 Å². The number of hydrogen-bond donors (Lipinski definition) is 2. The van der Waals surface area contributed by atoms with Crippen LogP contribution in [0.2, 0.25) is 5.02 Å². The zero-order chi connectivity index (χ0) is 13.5. The minimum Gasteiger partial charge on any atom is -0.365 e. The Morgan fingerprint density at radius 2 is 2.00 bits per heavy atom. The van der Waals surface area contributed by atoms with Gasteiger partial charge in [0, 0.05) is 18.1 Å². The fraction of sp³-hybridized carbons (Fsp3) is 0.154. The lowest BCUT2D eigenvalue weighted by Crippen LogP contribution is -2.07. The molecule has 0 saturated carbocycles. The summed E-state index contributed by atoms with van der Waals surface area (Å²) in [6.45, 7) is 4.87. The Bertz CT molecular complexity index is 541. The van der Waals surface area contributed by atoms with E-state index in [2.05, 4.69) is 32.4 Å². The number of aromatic nitrogens is 3. The summed E-state index contributed by atoms with van der Waals surface area (Å²) in [6, 6.07) is 7.63. The predicted octanol–water partition coefficient (Wildman–Crippen LogP) is 2.74. The van der Waals surface area contributed by atoms with Gasteiger partial charge in [-0.15, -0.1) is 11.7 Å². The zero-order valence-corrected chi connectivity index (χ0v) is 11.1. The molecule has 0 aliphatic heterocycles. The largest absolute Gasteiger partial charge is 0.365 e. The molecule has 0 radical (unpaired) electrons. The summed E-state index contributed by atoms with van der Waals surface area (Å²) in [4.78, 5) is 4.27. The molecule has 0 bridgehead atoms. The van der Waals surface area contributed by atoms with E-state index < -0.39 is 0 Å². The topological polar surface area (TPSA) is 62.7 Å². The van der Waals surface area contributed by atoms with Crippen molar-refractivity contribution in [3.8, 4) is 0 Å². The van der Waals surface area contributed by atoms with Gasteiger partial charge in [0.15, 0.2) is 5.82 Å². The van der Waals surface area contributed by atoms with Gasteiger partial charge in [0.25, 0.3) is 0 Å². The van der Waals surface area contributed by atoms with E-state index >= 15 is 0 Å². The van der Waals surface area contributed by atoms with E-state index in [0.717, 1.165) is 10.6 Å². The Balaban J connectivity index is 1.95. The Hall–Kier alpha value is -2.14. The summed E-state index contributed by atoms with van der Waals surface area (Å²) in [7, 11) is 0. The third-order valence-corrected chi connectivity index (χ3v) is 2.60. The van der Waals surface area contributed by atoms with Gasteiger partial charge in [-0.2, -0.15) is 10.1 Å². The van der Waals surface area contributed by atoms with Crippen LogP contribution in [0.4, 0.5) is 11.8 Å². The first-order chi connectivity index (χ1) is 9.28. The Morgan fingerprint density at radius 1 is 1.21 bits per heavy atom. The van der Waals surface area contributed by atoms with Gasteiger partial charge < -0.3 is 10.6 Å². The molecular formula is C13H14ClN5. The van der Waals surface area contributed by atoms with E-state index in [1.165, 1.54) is 0 Å². The number of anilines is 2. The summed E-state index contributed by atoms with van der Waals surface area (Å²) < 4.78 is 0. The minimum atomic E-state index is 0.473. The van der Waals surface area contributed by atoms with Crippen LogP contribution in [0.25, 0.3) is 0 Å². The molecule has 98 valence electrons. The maximum absolute atomic E-state index is 5.83. The van der Waals surface area contributed by atoms with Crippen molar-refractivity contribution in [2.75, 3.05) is 17.2 Å². The van der Waals surface area contributed by atoms with Crippen LogP contribution in [0.3, 0.4) is 0 Å². The summed E-state index contributed by atoms with van der Waals surface area (Å²) >= 11 is 5.83. The molecule has 2 rings (SSSR count). The highest BCUT2D eigenvalue weighted by Gasteiger charge is 1.99. The van der Waals surface area contributed by atoms with Crippen molar-refractivity contribution < 1.29 is 0 Å².